The van der Waals surface area contributed by atoms with Crippen LogP contribution in [0, 0.1) is 0 Å². The number of piperidine rings is 1. The molecule has 5 N–H and O–H groups in total. The summed E-state index contributed by atoms with van der Waals surface area (Å²) in [5, 5.41) is 2.81. The second-order valence-corrected chi connectivity index (χ2v) is 7.03. The van der Waals surface area contributed by atoms with Gasteiger partial charge in [0.15, 0.2) is 0 Å². The van der Waals surface area contributed by atoms with Gasteiger partial charge in [0, 0.05) is 12.1 Å². The third kappa shape index (κ3) is 4.24. The van der Waals surface area contributed by atoms with Gasteiger partial charge in [-0.05, 0) is 43.6 Å². The van der Waals surface area contributed by atoms with Crippen molar-refractivity contribution in [2.24, 2.45) is 5.84 Å². The molecular weight excluding hydrogens is 292 g/mol. The van der Waals surface area contributed by atoms with Crippen molar-refractivity contribution in [3.8, 4) is 0 Å². The molecule has 116 valence electrons. The highest BCUT2D eigenvalue weighted by Crippen LogP contribution is 2.13. The Morgan fingerprint density at radius 3 is 2.43 bits per heavy atom. The van der Waals surface area contributed by atoms with Gasteiger partial charge < -0.3 is 5.32 Å². The van der Waals surface area contributed by atoms with Crippen LogP contribution >= 0.6 is 0 Å². The van der Waals surface area contributed by atoms with Crippen LogP contribution in [0.4, 0.5) is 0 Å². The van der Waals surface area contributed by atoms with Gasteiger partial charge in [0.2, 0.25) is 10.0 Å². The lowest BCUT2D eigenvalue weighted by atomic mass is 10.1. The number of nitrogens with one attached hydrogen (secondary N) is 3. The van der Waals surface area contributed by atoms with E-state index in [1.807, 2.05) is 5.43 Å². The van der Waals surface area contributed by atoms with Crippen LogP contribution in [-0.4, -0.2) is 32.7 Å². The fourth-order valence-electron chi connectivity index (χ4n) is 2.26. The molecule has 8 heteroatoms. The fourth-order valence-corrected chi connectivity index (χ4v) is 3.72. The topological polar surface area (TPSA) is 113 Å². The number of nitrogens with two attached hydrogens (primary N) is 1. The Morgan fingerprint density at radius 2 is 1.86 bits per heavy atom. The molecule has 1 aliphatic rings. The summed E-state index contributed by atoms with van der Waals surface area (Å²) in [6, 6.07) is 6.62. The molecule has 0 radical (unpaired) electrons. The second kappa shape index (κ2) is 6.99. The maximum atomic E-state index is 12.2. The van der Waals surface area contributed by atoms with E-state index in [2.05, 4.69) is 10.0 Å². The van der Waals surface area contributed by atoms with Crippen molar-refractivity contribution < 1.29 is 13.2 Å². The average Bonchev–Trinajstić information content (AvgIpc) is 2.53. The molecule has 1 aromatic carbocycles. The molecule has 0 spiro atoms. The quantitative estimate of drug-likeness (QED) is 0.331. The van der Waals surface area contributed by atoms with Gasteiger partial charge in [0.05, 0.1) is 5.25 Å². The van der Waals surface area contributed by atoms with E-state index >= 15 is 0 Å². The number of amides is 1. The molecule has 7 nitrogen and oxygen atoms in total. The summed E-state index contributed by atoms with van der Waals surface area (Å²) in [7, 11) is -3.30. The number of sulfonamides is 1. The van der Waals surface area contributed by atoms with Crippen molar-refractivity contribution in [1.29, 1.82) is 0 Å². The van der Waals surface area contributed by atoms with Gasteiger partial charge in [-0.3, -0.25) is 10.2 Å². The van der Waals surface area contributed by atoms with E-state index < -0.39 is 10.0 Å². The molecular formula is C13H20N4O3S. The summed E-state index contributed by atoms with van der Waals surface area (Å²) >= 11 is 0. The molecule has 0 aromatic heterocycles. The largest absolute Gasteiger partial charge is 0.317 e. The van der Waals surface area contributed by atoms with Crippen molar-refractivity contribution in [2.45, 2.75) is 24.6 Å². The smallest absolute Gasteiger partial charge is 0.265 e. The van der Waals surface area contributed by atoms with Crippen LogP contribution in [0.3, 0.4) is 0 Å². The predicted molar refractivity (Wildman–Crippen MR) is 79.7 cm³/mol. The van der Waals surface area contributed by atoms with Crippen LogP contribution in [0.5, 0.6) is 0 Å². The molecule has 2 rings (SSSR count). The van der Waals surface area contributed by atoms with Gasteiger partial charge in [-0.25, -0.2) is 19.0 Å². The van der Waals surface area contributed by atoms with E-state index in [1.165, 1.54) is 0 Å². The zero-order valence-corrected chi connectivity index (χ0v) is 12.4. The molecule has 0 bridgehead atoms. The molecule has 21 heavy (non-hydrogen) atoms. The van der Waals surface area contributed by atoms with Crippen molar-refractivity contribution in [3.63, 3.8) is 0 Å². The Morgan fingerprint density at radius 1 is 1.24 bits per heavy atom. The maximum absolute atomic E-state index is 12.2. The number of hydrogen-bond acceptors (Lipinski definition) is 5. The van der Waals surface area contributed by atoms with E-state index in [-0.39, 0.29) is 17.7 Å². The summed E-state index contributed by atoms with van der Waals surface area (Å²) < 4.78 is 26.9. The number of hydrazine groups is 1. The number of nitrogen functional groups attached to an aromatic ring is 1. The van der Waals surface area contributed by atoms with E-state index in [0.717, 1.165) is 18.7 Å². The van der Waals surface area contributed by atoms with Crippen molar-refractivity contribution in [1.82, 2.24) is 15.5 Å². The van der Waals surface area contributed by atoms with Crippen molar-refractivity contribution in [2.75, 3.05) is 13.1 Å². The Balaban J connectivity index is 1.94. The second-order valence-electron chi connectivity index (χ2n) is 4.99. The number of carbonyl (C=O) groups is 1. The van der Waals surface area contributed by atoms with E-state index in [9.17, 15) is 13.2 Å². The van der Waals surface area contributed by atoms with Crippen molar-refractivity contribution in [3.05, 3.63) is 35.4 Å². The molecule has 0 unspecified atom stereocenters. The lowest BCUT2D eigenvalue weighted by Crippen LogP contribution is -2.41. The van der Waals surface area contributed by atoms with Gasteiger partial charge in [-0.15, -0.1) is 0 Å². The lowest BCUT2D eigenvalue weighted by Gasteiger charge is -2.22. The monoisotopic (exact) mass is 312 g/mol. The highest BCUT2D eigenvalue weighted by atomic mass is 32.2. The summed E-state index contributed by atoms with van der Waals surface area (Å²) in [5.74, 6) is 4.67. The molecule has 1 amide bonds. The van der Waals surface area contributed by atoms with Gasteiger partial charge in [-0.1, -0.05) is 12.1 Å². The fraction of sp³-hybridized carbons (Fsp3) is 0.462. The Bertz CT molecular complexity index is 580. The third-order valence-electron chi connectivity index (χ3n) is 3.55. The number of benzene rings is 1. The standard InChI is InChI=1S/C13H20N4O3S/c14-17-13(18)11-3-1-10(2-4-11)9-16-21(19,20)12-5-7-15-8-6-12/h1-4,12,15-16H,5-9,14H2,(H,17,18). The first kappa shape index (κ1) is 15.9. The highest BCUT2D eigenvalue weighted by Gasteiger charge is 2.26. The third-order valence-corrected chi connectivity index (χ3v) is 5.45. The first-order valence-electron chi connectivity index (χ1n) is 6.82. The molecule has 0 saturated carbocycles. The lowest BCUT2D eigenvalue weighted by molar-refractivity contribution is 0.0953. The molecule has 1 aliphatic heterocycles. The van der Waals surface area contributed by atoms with Gasteiger partial charge in [-0.2, -0.15) is 0 Å². The maximum Gasteiger partial charge on any atom is 0.265 e. The minimum absolute atomic E-state index is 0.219. The van der Waals surface area contributed by atoms with Gasteiger partial charge >= 0.3 is 0 Å². The zero-order chi connectivity index (χ0) is 15.3. The molecule has 0 atom stereocenters. The van der Waals surface area contributed by atoms with Crippen LogP contribution in [0.25, 0.3) is 0 Å². The summed E-state index contributed by atoms with van der Waals surface area (Å²) in [6.07, 6.45) is 1.26. The van der Waals surface area contributed by atoms with E-state index in [4.69, 9.17) is 5.84 Å². The Kier molecular flexibility index (Phi) is 5.29. The first-order chi connectivity index (χ1) is 10.0. The normalized spacial score (nSPS) is 16.6. The SMILES string of the molecule is NNC(=O)c1ccc(CNS(=O)(=O)C2CCNCC2)cc1. The Hall–Kier alpha value is -1.48. The average molecular weight is 312 g/mol. The van der Waals surface area contributed by atoms with Gasteiger partial charge in [0.1, 0.15) is 0 Å². The molecule has 1 fully saturated rings. The number of rotatable bonds is 5. The number of carbonyl (C=O) groups excluding carboxylic acids is 1. The minimum Gasteiger partial charge on any atom is -0.317 e. The summed E-state index contributed by atoms with van der Waals surface area (Å²) in [6.45, 7) is 1.68. The predicted octanol–water partition coefficient (Wildman–Crippen LogP) is -0.538. The Labute approximate surface area is 124 Å². The van der Waals surface area contributed by atoms with Crippen LogP contribution in [-0.2, 0) is 16.6 Å². The van der Waals surface area contributed by atoms with Crippen molar-refractivity contribution >= 4 is 15.9 Å². The first-order valence-corrected chi connectivity index (χ1v) is 8.36. The molecule has 1 saturated heterocycles. The van der Waals surface area contributed by atoms with E-state index in [1.54, 1.807) is 24.3 Å². The van der Waals surface area contributed by atoms with Crippen LogP contribution < -0.4 is 21.3 Å². The number of hydrogen-bond donors (Lipinski definition) is 4. The summed E-state index contributed by atoms with van der Waals surface area (Å²) in [4.78, 5) is 11.3. The highest BCUT2D eigenvalue weighted by molar-refractivity contribution is 7.90. The summed E-state index contributed by atoms with van der Waals surface area (Å²) in [5.41, 5.74) is 3.27. The molecule has 1 heterocycles. The van der Waals surface area contributed by atoms with Gasteiger partial charge in [0.25, 0.3) is 5.91 Å². The van der Waals surface area contributed by atoms with Crippen LogP contribution in [0.15, 0.2) is 24.3 Å². The van der Waals surface area contributed by atoms with E-state index in [0.29, 0.717) is 18.4 Å². The zero-order valence-electron chi connectivity index (χ0n) is 11.6. The minimum atomic E-state index is -3.30. The van der Waals surface area contributed by atoms with Crippen LogP contribution in [0.1, 0.15) is 28.8 Å². The molecule has 0 aliphatic carbocycles. The van der Waals surface area contributed by atoms with Crippen LogP contribution in [0.2, 0.25) is 0 Å². The molecule has 1 aromatic rings.